The lowest BCUT2D eigenvalue weighted by Crippen LogP contribution is -2.40. The molecule has 0 radical (unpaired) electrons. The van der Waals surface area contributed by atoms with Gasteiger partial charge in [0.05, 0.1) is 6.54 Å². The van der Waals surface area contributed by atoms with E-state index in [9.17, 15) is 4.79 Å². The van der Waals surface area contributed by atoms with Crippen LogP contribution in [0.15, 0.2) is 24.7 Å². The Morgan fingerprint density at radius 3 is 3.06 bits per heavy atom. The first-order valence-electron chi connectivity index (χ1n) is 5.79. The maximum absolute atomic E-state index is 12.1. The fourth-order valence-corrected chi connectivity index (χ4v) is 2.09. The SMILES string of the molecule is Nc1ccn(CC(=O)N2CCn3ccnc3C2)n1. The molecule has 3 heterocycles. The Labute approximate surface area is 104 Å². The third-order valence-electron chi connectivity index (χ3n) is 3.06. The number of carbonyl (C=O) groups excluding carboxylic acids is 1. The van der Waals surface area contributed by atoms with E-state index in [1.807, 2.05) is 6.20 Å². The lowest BCUT2D eigenvalue weighted by Gasteiger charge is -2.27. The topological polar surface area (TPSA) is 82.0 Å². The van der Waals surface area contributed by atoms with Gasteiger partial charge in [0, 0.05) is 31.7 Å². The van der Waals surface area contributed by atoms with Gasteiger partial charge in [-0.2, -0.15) is 5.10 Å². The molecule has 0 saturated heterocycles. The summed E-state index contributed by atoms with van der Waals surface area (Å²) in [6, 6.07) is 1.68. The summed E-state index contributed by atoms with van der Waals surface area (Å²) >= 11 is 0. The zero-order chi connectivity index (χ0) is 12.5. The summed E-state index contributed by atoms with van der Waals surface area (Å²) < 4.78 is 3.62. The Bertz CT molecular complexity index is 572. The van der Waals surface area contributed by atoms with E-state index in [1.54, 1.807) is 28.0 Å². The summed E-state index contributed by atoms with van der Waals surface area (Å²) in [6.07, 6.45) is 5.40. The van der Waals surface area contributed by atoms with Crippen molar-refractivity contribution in [2.45, 2.75) is 19.6 Å². The van der Waals surface area contributed by atoms with Crippen LogP contribution in [-0.4, -0.2) is 36.7 Å². The van der Waals surface area contributed by atoms with E-state index in [0.717, 1.165) is 12.4 Å². The number of rotatable bonds is 2. The molecule has 0 atom stereocenters. The summed E-state index contributed by atoms with van der Waals surface area (Å²) in [5.41, 5.74) is 5.51. The Balaban J connectivity index is 1.67. The highest BCUT2D eigenvalue weighted by Gasteiger charge is 2.21. The fourth-order valence-electron chi connectivity index (χ4n) is 2.09. The first kappa shape index (κ1) is 10.8. The third kappa shape index (κ3) is 1.94. The van der Waals surface area contributed by atoms with E-state index in [4.69, 9.17) is 5.73 Å². The van der Waals surface area contributed by atoms with Crippen LogP contribution in [0.1, 0.15) is 5.82 Å². The van der Waals surface area contributed by atoms with Crippen molar-refractivity contribution in [1.29, 1.82) is 0 Å². The Kier molecular flexibility index (Phi) is 2.51. The van der Waals surface area contributed by atoms with E-state index in [-0.39, 0.29) is 12.5 Å². The highest BCUT2D eigenvalue weighted by Crippen LogP contribution is 2.10. The minimum absolute atomic E-state index is 0.0346. The van der Waals surface area contributed by atoms with Gasteiger partial charge in [0.25, 0.3) is 0 Å². The monoisotopic (exact) mass is 246 g/mol. The number of fused-ring (bicyclic) bond motifs is 1. The zero-order valence-corrected chi connectivity index (χ0v) is 9.86. The van der Waals surface area contributed by atoms with Crippen LogP contribution >= 0.6 is 0 Å². The highest BCUT2D eigenvalue weighted by molar-refractivity contribution is 5.76. The number of imidazole rings is 1. The van der Waals surface area contributed by atoms with E-state index in [1.165, 1.54) is 0 Å². The van der Waals surface area contributed by atoms with Gasteiger partial charge in [-0.1, -0.05) is 0 Å². The van der Waals surface area contributed by atoms with Crippen molar-refractivity contribution in [3.8, 4) is 0 Å². The Morgan fingerprint density at radius 1 is 1.39 bits per heavy atom. The number of amides is 1. The number of nitrogen functional groups attached to an aromatic ring is 1. The Hall–Kier alpha value is -2.31. The largest absolute Gasteiger partial charge is 0.382 e. The fraction of sp³-hybridized carbons (Fsp3) is 0.364. The van der Waals surface area contributed by atoms with E-state index in [2.05, 4.69) is 14.6 Å². The number of anilines is 1. The zero-order valence-electron chi connectivity index (χ0n) is 9.86. The van der Waals surface area contributed by atoms with Crippen molar-refractivity contribution in [1.82, 2.24) is 24.2 Å². The maximum Gasteiger partial charge on any atom is 0.244 e. The van der Waals surface area contributed by atoms with Crippen molar-refractivity contribution in [2.75, 3.05) is 12.3 Å². The van der Waals surface area contributed by atoms with Crippen LogP contribution in [0, 0.1) is 0 Å². The second-order valence-corrected chi connectivity index (χ2v) is 4.29. The van der Waals surface area contributed by atoms with Gasteiger partial charge in [-0.15, -0.1) is 0 Å². The quantitative estimate of drug-likeness (QED) is 0.789. The summed E-state index contributed by atoms with van der Waals surface area (Å²) in [4.78, 5) is 18.1. The van der Waals surface area contributed by atoms with Gasteiger partial charge in [-0.25, -0.2) is 4.98 Å². The molecular formula is C11H14N6O. The lowest BCUT2D eigenvalue weighted by atomic mass is 10.3. The summed E-state index contributed by atoms with van der Waals surface area (Å²) in [6.45, 7) is 2.28. The molecule has 0 saturated carbocycles. The summed E-state index contributed by atoms with van der Waals surface area (Å²) in [5, 5.41) is 4.01. The van der Waals surface area contributed by atoms with Crippen molar-refractivity contribution < 1.29 is 4.79 Å². The van der Waals surface area contributed by atoms with Crippen molar-refractivity contribution in [3.05, 3.63) is 30.5 Å². The molecule has 3 rings (SSSR count). The van der Waals surface area contributed by atoms with Crippen LogP contribution in [0.2, 0.25) is 0 Å². The molecule has 0 unspecified atom stereocenters. The van der Waals surface area contributed by atoms with Gasteiger partial charge in [0.1, 0.15) is 18.2 Å². The molecule has 0 aromatic carbocycles. The van der Waals surface area contributed by atoms with Crippen LogP contribution in [0.5, 0.6) is 0 Å². The molecular weight excluding hydrogens is 232 g/mol. The standard InChI is InChI=1S/C11H14N6O/c12-9-1-3-17(14-9)8-11(18)16-6-5-15-4-2-13-10(15)7-16/h1-4H,5-8H2,(H2,12,14). The molecule has 0 aliphatic carbocycles. The van der Waals surface area contributed by atoms with E-state index >= 15 is 0 Å². The van der Waals surface area contributed by atoms with E-state index in [0.29, 0.717) is 18.9 Å². The normalized spacial score (nSPS) is 14.6. The molecule has 7 heteroatoms. The molecule has 7 nitrogen and oxygen atoms in total. The second-order valence-electron chi connectivity index (χ2n) is 4.29. The average Bonchev–Trinajstić information content (AvgIpc) is 2.96. The molecule has 18 heavy (non-hydrogen) atoms. The van der Waals surface area contributed by atoms with Gasteiger partial charge >= 0.3 is 0 Å². The molecule has 0 bridgehead atoms. The molecule has 0 fully saturated rings. The minimum Gasteiger partial charge on any atom is -0.382 e. The smallest absolute Gasteiger partial charge is 0.244 e. The minimum atomic E-state index is 0.0346. The van der Waals surface area contributed by atoms with Crippen molar-refractivity contribution in [3.63, 3.8) is 0 Å². The van der Waals surface area contributed by atoms with Gasteiger partial charge < -0.3 is 15.2 Å². The van der Waals surface area contributed by atoms with Gasteiger partial charge in [-0.05, 0) is 6.07 Å². The van der Waals surface area contributed by atoms with Crippen molar-refractivity contribution in [2.24, 2.45) is 0 Å². The predicted octanol–water partition coefficient (Wildman–Crippen LogP) is -0.296. The highest BCUT2D eigenvalue weighted by atomic mass is 16.2. The average molecular weight is 246 g/mol. The molecule has 1 amide bonds. The summed E-state index contributed by atoms with van der Waals surface area (Å²) in [7, 11) is 0. The van der Waals surface area contributed by atoms with Gasteiger partial charge in [-0.3, -0.25) is 9.48 Å². The summed E-state index contributed by atoms with van der Waals surface area (Å²) in [5.74, 6) is 1.39. The van der Waals surface area contributed by atoms with Crippen molar-refractivity contribution >= 4 is 11.7 Å². The molecule has 2 aromatic heterocycles. The third-order valence-corrected chi connectivity index (χ3v) is 3.06. The van der Waals surface area contributed by atoms with Crippen LogP contribution < -0.4 is 5.73 Å². The van der Waals surface area contributed by atoms with E-state index < -0.39 is 0 Å². The number of hydrogen-bond acceptors (Lipinski definition) is 4. The molecule has 1 aliphatic rings. The number of nitrogens with zero attached hydrogens (tertiary/aromatic N) is 5. The second kappa shape index (κ2) is 4.17. The molecule has 2 N–H and O–H groups in total. The van der Waals surface area contributed by atoms with Crippen LogP contribution in [0.3, 0.4) is 0 Å². The van der Waals surface area contributed by atoms with Crippen LogP contribution in [0.25, 0.3) is 0 Å². The lowest BCUT2D eigenvalue weighted by molar-refractivity contribution is -0.133. The Morgan fingerprint density at radius 2 is 2.28 bits per heavy atom. The molecule has 94 valence electrons. The van der Waals surface area contributed by atoms with Crippen LogP contribution in [-0.2, 0) is 24.4 Å². The number of carbonyl (C=O) groups is 1. The van der Waals surface area contributed by atoms with Gasteiger partial charge in [0.2, 0.25) is 5.91 Å². The first-order valence-corrected chi connectivity index (χ1v) is 5.79. The predicted molar refractivity (Wildman–Crippen MR) is 64.3 cm³/mol. The van der Waals surface area contributed by atoms with Crippen LogP contribution in [0.4, 0.5) is 5.82 Å². The van der Waals surface area contributed by atoms with Gasteiger partial charge in [0.15, 0.2) is 0 Å². The number of hydrogen-bond donors (Lipinski definition) is 1. The maximum atomic E-state index is 12.1. The molecule has 0 spiro atoms. The number of aromatic nitrogens is 4. The first-order chi connectivity index (χ1) is 8.72. The molecule has 1 aliphatic heterocycles. The number of nitrogens with two attached hydrogens (primary N) is 1. The molecule has 2 aromatic rings.